The van der Waals surface area contributed by atoms with Crippen molar-refractivity contribution in [3.63, 3.8) is 0 Å². The maximum Gasteiger partial charge on any atom is 0.178 e. The van der Waals surface area contributed by atoms with Crippen molar-refractivity contribution < 1.29 is 4.79 Å². The van der Waals surface area contributed by atoms with Gasteiger partial charge in [-0.3, -0.25) is 9.69 Å². The highest BCUT2D eigenvalue weighted by Gasteiger charge is 2.49. The van der Waals surface area contributed by atoms with Crippen LogP contribution in [0.3, 0.4) is 0 Å². The zero-order valence-corrected chi connectivity index (χ0v) is 16.6. The third-order valence-electron chi connectivity index (χ3n) is 6.97. The summed E-state index contributed by atoms with van der Waals surface area (Å²) in [6.45, 7) is 9.25. The molecular formula is C23H27N3O. The molecule has 3 heterocycles. The van der Waals surface area contributed by atoms with Gasteiger partial charge in [0.1, 0.15) is 0 Å². The van der Waals surface area contributed by atoms with Gasteiger partial charge in [-0.1, -0.05) is 13.8 Å². The van der Waals surface area contributed by atoms with Crippen LogP contribution in [-0.2, 0) is 0 Å². The third kappa shape index (κ3) is 2.82. The summed E-state index contributed by atoms with van der Waals surface area (Å²) < 4.78 is 2.11. The quantitative estimate of drug-likeness (QED) is 0.764. The fourth-order valence-electron chi connectivity index (χ4n) is 5.36. The van der Waals surface area contributed by atoms with Gasteiger partial charge in [0, 0.05) is 34.7 Å². The molecular weight excluding hydrogens is 334 g/mol. The first-order valence-corrected chi connectivity index (χ1v) is 9.90. The Labute approximate surface area is 161 Å². The summed E-state index contributed by atoms with van der Waals surface area (Å²) in [4.78, 5) is 15.6. The van der Waals surface area contributed by atoms with Crippen LogP contribution >= 0.6 is 0 Å². The van der Waals surface area contributed by atoms with Crippen molar-refractivity contribution in [3.05, 3.63) is 52.8 Å². The molecule has 0 amide bonds. The van der Waals surface area contributed by atoms with E-state index in [2.05, 4.69) is 29.4 Å². The monoisotopic (exact) mass is 361 g/mol. The predicted octanol–water partition coefficient (Wildman–Crippen LogP) is 4.27. The summed E-state index contributed by atoms with van der Waals surface area (Å²) in [5.41, 5.74) is 4.49. The van der Waals surface area contributed by atoms with Crippen LogP contribution < -0.4 is 0 Å². The van der Waals surface area contributed by atoms with Crippen LogP contribution in [0.25, 0.3) is 5.69 Å². The minimum Gasteiger partial charge on any atom is -0.318 e. The molecule has 27 heavy (non-hydrogen) atoms. The molecule has 0 saturated carbocycles. The number of nitrogens with zero attached hydrogens (tertiary/aromatic N) is 3. The number of ketones is 1. The van der Waals surface area contributed by atoms with Crippen molar-refractivity contribution in [1.82, 2.24) is 9.47 Å². The smallest absolute Gasteiger partial charge is 0.178 e. The van der Waals surface area contributed by atoms with Gasteiger partial charge in [0.15, 0.2) is 5.78 Å². The van der Waals surface area contributed by atoms with E-state index in [0.29, 0.717) is 36.0 Å². The maximum atomic E-state index is 13.2. The van der Waals surface area contributed by atoms with E-state index in [1.807, 2.05) is 44.2 Å². The van der Waals surface area contributed by atoms with Crippen LogP contribution in [0.4, 0.5) is 0 Å². The molecule has 2 aliphatic heterocycles. The number of nitriles is 1. The Morgan fingerprint density at radius 2 is 1.70 bits per heavy atom. The number of fused-ring (bicyclic) bond motifs is 2. The summed E-state index contributed by atoms with van der Waals surface area (Å²) in [5, 5.41) is 9.00. The molecule has 2 saturated heterocycles. The first-order valence-electron chi connectivity index (χ1n) is 9.90. The van der Waals surface area contributed by atoms with Crippen molar-refractivity contribution in [2.75, 3.05) is 6.54 Å². The van der Waals surface area contributed by atoms with Crippen LogP contribution in [0.1, 0.15) is 54.0 Å². The number of carbonyl (C=O) groups is 1. The molecule has 1 aromatic heterocycles. The Morgan fingerprint density at radius 1 is 1.11 bits per heavy atom. The third-order valence-corrected chi connectivity index (χ3v) is 6.97. The molecule has 0 aliphatic carbocycles. The summed E-state index contributed by atoms with van der Waals surface area (Å²) in [6, 6.07) is 12.8. The van der Waals surface area contributed by atoms with Crippen LogP contribution in [0.5, 0.6) is 0 Å². The molecule has 0 spiro atoms. The average molecular weight is 361 g/mol. The Bertz CT molecular complexity index is 902. The van der Waals surface area contributed by atoms with E-state index in [1.54, 1.807) is 0 Å². The van der Waals surface area contributed by atoms with Crippen molar-refractivity contribution >= 4 is 5.78 Å². The fourth-order valence-corrected chi connectivity index (χ4v) is 5.36. The van der Waals surface area contributed by atoms with E-state index in [4.69, 9.17) is 5.26 Å². The number of Topliss-reactive ketones (excluding diaryl/α,β-unsaturated/α-hetero) is 1. The molecule has 4 rings (SSSR count). The van der Waals surface area contributed by atoms with Crippen molar-refractivity contribution in [3.8, 4) is 11.8 Å². The first kappa shape index (κ1) is 18.0. The average Bonchev–Trinajstić information content (AvgIpc) is 3.27. The molecule has 2 bridgehead atoms. The summed E-state index contributed by atoms with van der Waals surface area (Å²) in [6.07, 6.45) is 2.46. The highest BCUT2D eigenvalue weighted by molar-refractivity contribution is 5.99. The van der Waals surface area contributed by atoms with Crippen LogP contribution in [-0.4, -0.2) is 33.9 Å². The number of hydrogen-bond acceptors (Lipinski definition) is 3. The summed E-state index contributed by atoms with van der Waals surface area (Å²) >= 11 is 0. The van der Waals surface area contributed by atoms with E-state index in [0.717, 1.165) is 22.6 Å². The largest absolute Gasteiger partial charge is 0.318 e. The van der Waals surface area contributed by atoms with Crippen LogP contribution in [0.15, 0.2) is 30.3 Å². The number of carbonyl (C=O) groups excluding carboxylic acids is 1. The second-order valence-electron chi connectivity index (χ2n) is 8.30. The number of hydrogen-bond donors (Lipinski definition) is 0. The van der Waals surface area contributed by atoms with Crippen LogP contribution in [0, 0.1) is 37.0 Å². The molecule has 4 atom stereocenters. The highest BCUT2D eigenvalue weighted by atomic mass is 16.1. The first-order chi connectivity index (χ1) is 12.9. The minimum atomic E-state index is 0.223. The molecule has 2 aliphatic rings. The van der Waals surface area contributed by atoms with Gasteiger partial charge in [-0.25, -0.2) is 0 Å². The van der Waals surface area contributed by atoms with E-state index in [9.17, 15) is 4.79 Å². The van der Waals surface area contributed by atoms with E-state index in [1.165, 1.54) is 12.8 Å². The zero-order valence-electron chi connectivity index (χ0n) is 16.6. The summed E-state index contributed by atoms with van der Waals surface area (Å²) in [5.74, 6) is 1.59. The lowest BCUT2D eigenvalue weighted by molar-refractivity contribution is 0.0911. The van der Waals surface area contributed by atoms with Gasteiger partial charge < -0.3 is 4.57 Å². The van der Waals surface area contributed by atoms with Crippen molar-refractivity contribution in [2.24, 2.45) is 11.8 Å². The number of benzene rings is 1. The Hall–Kier alpha value is -2.38. The molecule has 1 aromatic carbocycles. The molecule has 4 nitrogen and oxygen atoms in total. The highest BCUT2D eigenvalue weighted by Crippen LogP contribution is 2.45. The van der Waals surface area contributed by atoms with Gasteiger partial charge in [0.05, 0.1) is 18.2 Å². The second-order valence-corrected chi connectivity index (χ2v) is 8.30. The lowest BCUT2D eigenvalue weighted by atomic mass is 9.82. The zero-order chi connectivity index (χ0) is 19.3. The Morgan fingerprint density at radius 3 is 2.26 bits per heavy atom. The second kappa shape index (κ2) is 6.65. The van der Waals surface area contributed by atoms with Gasteiger partial charge in [0.25, 0.3) is 0 Å². The number of aromatic nitrogens is 1. The number of aryl methyl sites for hydroxylation is 1. The maximum absolute atomic E-state index is 13.2. The summed E-state index contributed by atoms with van der Waals surface area (Å²) in [7, 11) is 0. The molecule has 2 fully saturated rings. The molecule has 0 radical (unpaired) electrons. The standard InChI is InChI=1S/C23H27N3O/c1-14-11-20(17(4)26(14)19-7-5-18(12-24)6-8-19)23(27)13-25-21-9-10-22(25)16(3)15(21)2/h5-8,11,15-16,21-22H,9-10,13H2,1-4H3/t15-,16-,21?,22?/m0/s1. The minimum absolute atomic E-state index is 0.223. The topological polar surface area (TPSA) is 49.0 Å². The van der Waals surface area contributed by atoms with Crippen molar-refractivity contribution in [2.45, 2.75) is 52.6 Å². The van der Waals surface area contributed by atoms with E-state index in [-0.39, 0.29) is 5.78 Å². The normalized spacial score (nSPS) is 27.1. The van der Waals surface area contributed by atoms with Crippen LogP contribution in [0.2, 0.25) is 0 Å². The molecule has 140 valence electrons. The van der Waals surface area contributed by atoms with Gasteiger partial charge in [-0.2, -0.15) is 5.26 Å². The SMILES string of the molecule is Cc1cc(C(=O)CN2C3CCC2[C@@H](C)[C@@H]3C)c(C)n1-c1ccc(C#N)cc1. The lowest BCUT2D eigenvalue weighted by Gasteiger charge is -2.21. The Kier molecular flexibility index (Phi) is 4.44. The molecule has 0 N–H and O–H groups in total. The van der Waals surface area contributed by atoms with E-state index < -0.39 is 0 Å². The van der Waals surface area contributed by atoms with Crippen molar-refractivity contribution in [1.29, 1.82) is 5.26 Å². The fraction of sp³-hybridized carbons (Fsp3) is 0.478. The predicted molar refractivity (Wildman–Crippen MR) is 106 cm³/mol. The lowest BCUT2D eigenvalue weighted by Crippen LogP contribution is -2.35. The molecule has 2 aromatic rings. The number of rotatable bonds is 4. The Balaban J connectivity index is 1.60. The van der Waals surface area contributed by atoms with Gasteiger partial charge in [0.2, 0.25) is 0 Å². The van der Waals surface area contributed by atoms with E-state index >= 15 is 0 Å². The molecule has 4 heteroatoms. The van der Waals surface area contributed by atoms with Gasteiger partial charge in [-0.05, 0) is 68.9 Å². The molecule has 2 unspecified atom stereocenters. The van der Waals surface area contributed by atoms with Gasteiger partial charge >= 0.3 is 0 Å². The van der Waals surface area contributed by atoms with Gasteiger partial charge in [-0.15, -0.1) is 0 Å².